The van der Waals surface area contributed by atoms with Gasteiger partial charge in [-0.3, -0.25) is 9.08 Å². The summed E-state index contributed by atoms with van der Waals surface area (Å²) in [6.07, 6.45) is 9.20. The molecule has 2 fully saturated rings. The zero-order valence-corrected chi connectivity index (χ0v) is 16.5. The summed E-state index contributed by atoms with van der Waals surface area (Å²) in [6, 6.07) is 4.49. The van der Waals surface area contributed by atoms with E-state index >= 15 is 0 Å². The maximum atomic E-state index is 5.00. The number of rotatable bonds is 2. The lowest BCUT2D eigenvalue weighted by Crippen LogP contribution is -2.11. The number of nitrogens with one attached hydrogen (secondary N) is 1. The Morgan fingerprint density at radius 1 is 1.11 bits per heavy atom. The van der Waals surface area contributed by atoms with Gasteiger partial charge >= 0.3 is 0 Å². The molecule has 0 amide bonds. The molecule has 0 spiro atoms. The molecule has 3 aromatic heterocycles. The number of hydrogen-bond acceptors (Lipinski definition) is 4. The van der Waals surface area contributed by atoms with Gasteiger partial charge in [0.05, 0.1) is 16.1 Å². The molecule has 5 nitrogen and oxygen atoms in total. The lowest BCUT2D eigenvalue weighted by atomic mass is 10.0. The fourth-order valence-corrected chi connectivity index (χ4v) is 6.08. The third-order valence-corrected chi connectivity index (χ3v) is 7.49. The van der Waals surface area contributed by atoms with Crippen LogP contribution in [0.25, 0.3) is 26.3 Å². The Kier molecular flexibility index (Phi) is 3.32. The first-order valence-electron chi connectivity index (χ1n) is 9.77. The lowest BCUT2D eigenvalue weighted by Gasteiger charge is -2.07. The van der Waals surface area contributed by atoms with E-state index in [0.717, 1.165) is 22.3 Å². The molecule has 1 unspecified atom stereocenters. The fraction of sp³-hybridized carbons (Fsp3) is 0.429. The highest BCUT2D eigenvalue weighted by Crippen LogP contribution is 2.44. The zero-order valence-electron chi connectivity index (χ0n) is 15.6. The summed E-state index contributed by atoms with van der Waals surface area (Å²) >= 11 is 1.79. The van der Waals surface area contributed by atoms with Crippen molar-refractivity contribution in [3.63, 3.8) is 0 Å². The number of benzene rings is 1. The van der Waals surface area contributed by atoms with Gasteiger partial charge in [-0.05, 0) is 68.0 Å². The summed E-state index contributed by atoms with van der Waals surface area (Å²) in [4.78, 5) is 7.38. The topological polar surface area (TPSA) is 47.1 Å². The molecular weight excluding hydrogens is 354 g/mol. The molecule has 0 bridgehead atoms. The van der Waals surface area contributed by atoms with Crippen molar-refractivity contribution in [1.29, 1.82) is 0 Å². The normalized spacial score (nSPS) is 25.0. The number of aromatic nitrogens is 4. The average Bonchev–Trinajstić information content (AvgIpc) is 3.38. The highest BCUT2D eigenvalue weighted by molar-refractivity contribution is 7.20. The predicted molar refractivity (Wildman–Crippen MR) is 109 cm³/mol. The fourth-order valence-electron chi connectivity index (χ4n) is 5.12. The minimum absolute atomic E-state index is 0.645. The molecular formula is C21H23N5S. The van der Waals surface area contributed by atoms with E-state index in [4.69, 9.17) is 4.98 Å². The van der Waals surface area contributed by atoms with E-state index in [0.29, 0.717) is 5.92 Å². The van der Waals surface area contributed by atoms with Gasteiger partial charge in [0.15, 0.2) is 4.96 Å². The van der Waals surface area contributed by atoms with Crippen LogP contribution in [0, 0.1) is 18.8 Å². The number of hydrogen-bond donors (Lipinski definition) is 1. The number of imidazole rings is 1. The van der Waals surface area contributed by atoms with Crippen molar-refractivity contribution in [1.82, 2.24) is 24.5 Å². The van der Waals surface area contributed by atoms with Crippen LogP contribution in [0.4, 0.5) is 0 Å². The van der Waals surface area contributed by atoms with Crippen molar-refractivity contribution in [2.75, 3.05) is 13.1 Å². The molecule has 4 aromatic rings. The van der Waals surface area contributed by atoms with Crippen LogP contribution in [0.15, 0.2) is 30.7 Å². The molecule has 138 valence electrons. The van der Waals surface area contributed by atoms with Crippen LogP contribution in [0.5, 0.6) is 0 Å². The maximum absolute atomic E-state index is 5.00. The molecule has 1 saturated heterocycles. The molecule has 3 atom stereocenters. The molecule has 1 N–H and O–H groups in total. The van der Waals surface area contributed by atoms with E-state index in [2.05, 4.69) is 52.5 Å². The minimum Gasteiger partial charge on any atom is -0.316 e. The van der Waals surface area contributed by atoms with E-state index < -0.39 is 0 Å². The van der Waals surface area contributed by atoms with Crippen LogP contribution < -0.4 is 5.32 Å². The van der Waals surface area contributed by atoms with Gasteiger partial charge in [0, 0.05) is 36.9 Å². The SMILES string of the molecule is Cc1cc(-c2cn3cc(C4C[C@H]5CNC[C@H]5C4)nc3s2)cc2cn(C)nc12. The number of aryl methyl sites for hydroxylation is 2. The van der Waals surface area contributed by atoms with Crippen LogP contribution in [-0.4, -0.2) is 32.3 Å². The molecule has 1 aliphatic carbocycles. The first-order valence-corrected chi connectivity index (χ1v) is 10.6. The Bertz CT molecular complexity index is 1120. The summed E-state index contributed by atoms with van der Waals surface area (Å²) in [5, 5.41) is 9.29. The standard InChI is InChI=1S/C21H23N5S/c1-12-3-14(6-17-9-25(2)24-20(12)17)19-11-26-10-18(23-21(26)27-19)13-4-15-7-22-8-16(15)5-13/h3,6,9-11,13,15-16,22H,4-5,7-8H2,1-2H3/t13?,15-,16+. The highest BCUT2D eigenvalue weighted by Gasteiger charge is 2.38. The first kappa shape index (κ1) is 15.8. The Morgan fingerprint density at radius 2 is 1.93 bits per heavy atom. The van der Waals surface area contributed by atoms with Crippen LogP contribution in [-0.2, 0) is 7.05 Å². The molecule has 1 saturated carbocycles. The highest BCUT2D eigenvalue weighted by atomic mass is 32.1. The average molecular weight is 378 g/mol. The number of thiazole rings is 1. The van der Waals surface area contributed by atoms with Gasteiger partial charge in [0.2, 0.25) is 0 Å². The van der Waals surface area contributed by atoms with Gasteiger partial charge in [-0.1, -0.05) is 11.3 Å². The van der Waals surface area contributed by atoms with E-state index in [1.807, 2.05) is 11.7 Å². The van der Waals surface area contributed by atoms with Crippen molar-refractivity contribution in [2.45, 2.75) is 25.7 Å². The Morgan fingerprint density at radius 3 is 2.70 bits per heavy atom. The zero-order chi connectivity index (χ0) is 18.1. The predicted octanol–water partition coefficient (Wildman–Crippen LogP) is 3.97. The van der Waals surface area contributed by atoms with Crippen molar-refractivity contribution in [2.24, 2.45) is 18.9 Å². The van der Waals surface area contributed by atoms with Gasteiger partial charge in [0.1, 0.15) is 0 Å². The Labute approximate surface area is 162 Å². The van der Waals surface area contributed by atoms with Crippen LogP contribution in [0.2, 0.25) is 0 Å². The van der Waals surface area contributed by atoms with E-state index in [1.54, 1.807) is 11.3 Å². The van der Waals surface area contributed by atoms with E-state index in [-0.39, 0.29) is 0 Å². The van der Waals surface area contributed by atoms with Gasteiger partial charge in [0.25, 0.3) is 0 Å². The van der Waals surface area contributed by atoms with E-state index in [9.17, 15) is 0 Å². The van der Waals surface area contributed by atoms with Gasteiger partial charge in [-0.15, -0.1) is 0 Å². The third kappa shape index (κ3) is 2.47. The largest absolute Gasteiger partial charge is 0.316 e. The van der Waals surface area contributed by atoms with Crippen molar-refractivity contribution in [3.8, 4) is 10.4 Å². The van der Waals surface area contributed by atoms with Crippen molar-refractivity contribution < 1.29 is 0 Å². The molecule has 4 heterocycles. The second kappa shape index (κ2) is 5.66. The summed E-state index contributed by atoms with van der Waals surface area (Å²) in [5.74, 6) is 2.37. The van der Waals surface area contributed by atoms with Crippen LogP contribution in [0.3, 0.4) is 0 Å². The second-order valence-electron chi connectivity index (χ2n) is 8.33. The van der Waals surface area contributed by atoms with Crippen LogP contribution in [0.1, 0.15) is 30.0 Å². The smallest absolute Gasteiger partial charge is 0.194 e. The summed E-state index contributed by atoms with van der Waals surface area (Å²) in [6.45, 7) is 4.54. The monoisotopic (exact) mass is 377 g/mol. The maximum Gasteiger partial charge on any atom is 0.194 e. The summed E-state index contributed by atoms with van der Waals surface area (Å²) in [7, 11) is 1.98. The van der Waals surface area contributed by atoms with Gasteiger partial charge < -0.3 is 5.32 Å². The van der Waals surface area contributed by atoms with Gasteiger partial charge in [-0.25, -0.2) is 4.98 Å². The molecule has 1 aliphatic heterocycles. The molecule has 0 radical (unpaired) electrons. The van der Waals surface area contributed by atoms with E-state index in [1.165, 1.54) is 53.0 Å². The van der Waals surface area contributed by atoms with Crippen LogP contribution >= 0.6 is 11.3 Å². The molecule has 6 heteroatoms. The first-order chi connectivity index (χ1) is 13.1. The summed E-state index contributed by atoms with van der Waals surface area (Å²) in [5.41, 5.74) is 4.86. The summed E-state index contributed by atoms with van der Waals surface area (Å²) < 4.78 is 4.12. The molecule has 1 aromatic carbocycles. The van der Waals surface area contributed by atoms with Crippen molar-refractivity contribution >= 4 is 27.2 Å². The Hall–Kier alpha value is -2.18. The molecule has 6 rings (SSSR count). The molecule has 27 heavy (non-hydrogen) atoms. The number of nitrogens with zero attached hydrogens (tertiary/aromatic N) is 4. The third-order valence-electron chi connectivity index (χ3n) is 6.45. The molecule has 2 aliphatic rings. The Balaban J connectivity index is 1.34. The minimum atomic E-state index is 0.645. The number of fused-ring (bicyclic) bond motifs is 3. The second-order valence-corrected chi connectivity index (χ2v) is 9.34. The quantitative estimate of drug-likeness (QED) is 0.575. The van der Waals surface area contributed by atoms with Gasteiger partial charge in [-0.2, -0.15) is 5.10 Å². The van der Waals surface area contributed by atoms with Crippen molar-refractivity contribution in [3.05, 3.63) is 42.0 Å². The lowest BCUT2D eigenvalue weighted by molar-refractivity contribution is 0.494.